The highest BCUT2D eigenvalue weighted by Crippen LogP contribution is 2.22. The SMILES string of the molecule is CN(C)C(=O)N1CCC(NC(=O)c2ccc(C(C)(C)C)cc2)CC1. The minimum atomic E-state index is -0.0344. The molecule has 0 spiro atoms. The summed E-state index contributed by atoms with van der Waals surface area (Å²) in [6.07, 6.45) is 1.59. The van der Waals surface area contributed by atoms with Crippen molar-refractivity contribution in [3.05, 3.63) is 35.4 Å². The van der Waals surface area contributed by atoms with Crippen LogP contribution in [-0.2, 0) is 5.41 Å². The lowest BCUT2D eigenvalue weighted by molar-refractivity contribution is 0.0914. The number of likely N-dealkylation sites (tertiary alicyclic amines) is 1. The van der Waals surface area contributed by atoms with Crippen LogP contribution in [0.5, 0.6) is 0 Å². The summed E-state index contributed by atoms with van der Waals surface area (Å²) in [5.41, 5.74) is 1.99. The van der Waals surface area contributed by atoms with Crippen LogP contribution in [0, 0.1) is 0 Å². The van der Waals surface area contributed by atoms with Crippen LogP contribution in [0.1, 0.15) is 49.5 Å². The molecule has 0 bridgehead atoms. The van der Waals surface area contributed by atoms with Crippen molar-refractivity contribution < 1.29 is 9.59 Å². The Morgan fingerprint density at radius 2 is 1.62 bits per heavy atom. The van der Waals surface area contributed by atoms with Crippen LogP contribution in [0.15, 0.2) is 24.3 Å². The van der Waals surface area contributed by atoms with Crippen molar-refractivity contribution in [2.75, 3.05) is 27.2 Å². The van der Waals surface area contributed by atoms with E-state index in [4.69, 9.17) is 0 Å². The van der Waals surface area contributed by atoms with Crippen LogP contribution < -0.4 is 5.32 Å². The van der Waals surface area contributed by atoms with Crippen molar-refractivity contribution in [3.63, 3.8) is 0 Å². The van der Waals surface area contributed by atoms with Crippen LogP contribution in [0.2, 0.25) is 0 Å². The van der Waals surface area contributed by atoms with E-state index >= 15 is 0 Å². The first-order valence-electron chi connectivity index (χ1n) is 8.56. The van der Waals surface area contributed by atoms with Gasteiger partial charge in [0, 0.05) is 38.8 Å². The summed E-state index contributed by atoms with van der Waals surface area (Å²) < 4.78 is 0. The first-order valence-corrected chi connectivity index (χ1v) is 8.56. The predicted octanol–water partition coefficient (Wildman–Crippen LogP) is 2.86. The Bertz CT molecular complexity index is 580. The zero-order chi connectivity index (χ0) is 17.9. The Labute approximate surface area is 145 Å². The van der Waals surface area contributed by atoms with Crippen molar-refractivity contribution in [1.29, 1.82) is 0 Å². The lowest BCUT2D eigenvalue weighted by Crippen LogP contribution is -2.49. The van der Waals surface area contributed by atoms with E-state index in [2.05, 4.69) is 26.1 Å². The number of benzene rings is 1. The van der Waals surface area contributed by atoms with Crippen molar-refractivity contribution in [1.82, 2.24) is 15.1 Å². The molecule has 2 rings (SSSR count). The molecule has 0 atom stereocenters. The smallest absolute Gasteiger partial charge is 0.319 e. The Balaban J connectivity index is 1.89. The number of hydrogen-bond donors (Lipinski definition) is 1. The average Bonchev–Trinajstić information content (AvgIpc) is 2.54. The predicted molar refractivity (Wildman–Crippen MR) is 96.3 cm³/mol. The summed E-state index contributed by atoms with van der Waals surface area (Å²) in [6, 6.07) is 7.99. The molecular weight excluding hydrogens is 302 g/mol. The number of amides is 3. The average molecular weight is 331 g/mol. The summed E-state index contributed by atoms with van der Waals surface area (Å²) in [6.45, 7) is 7.84. The fourth-order valence-electron chi connectivity index (χ4n) is 2.89. The van der Waals surface area contributed by atoms with Crippen LogP contribution in [0.3, 0.4) is 0 Å². The third-order valence-corrected chi connectivity index (χ3v) is 4.50. The molecule has 3 amide bonds. The van der Waals surface area contributed by atoms with Crippen molar-refractivity contribution >= 4 is 11.9 Å². The topological polar surface area (TPSA) is 52.7 Å². The first-order chi connectivity index (χ1) is 11.2. The largest absolute Gasteiger partial charge is 0.349 e. The Hall–Kier alpha value is -2.04. The minimum absolute atomic E-state index is 0.0344. The van der Waals surface area contributed by atoms with Gasteiger partial charge in [-0.2, -0.15) is 0 Å². The molecule has 132 valence electrons. The Kier molecular flexibility index (Phi) is 5.52. The van der Waals surface area contributed by atoms with E-state index in [1.165, 1.54) is 5.56 Å². The summed E-state index contributed by atoms with van der Waals surface area (Å²) in [4.78, 5) is 27.8. The maximum Gasteiger partial charge on any atom is 0.319 e. The van der Waals surface area contributed by atoms with Crippen LogP contribution in [-0.4, -0.2) is 55.0 Å². The zero-order valence-corrected chi connectivity index (χ0v) is 15.4. The van der Waals surface area contributed by atoms with E-state index in [0.29, 0.717) is 18.7 Å². The van der Waals surface area contributed by atoms with E-state index in [1.54, 1.807) is 19.0 Å². The first kappa shape index (κ1) is 18.3. The van der Waals surface area contributed by atoms with E-state index < -0.39 is 0 Å². The van der Waals surface area contributed by atoms with Crippen LogP contribution in [0.4, 0.5) is 4.79 Å². The molecular formula is C19H29N3O2. The molecule has 0 saturated carbocycles. The summed E-state index contributed by atoms with van der Waals surface area (Å²) in [7, 11) is 3.52. The van der Waals surface area contributed by atoms with E-state index in [9.17, 15) is 9.59 Å². The van der Waals surface area contributed by atoms with Gasteiger partial charge < -0.3 is 15.1 Å². The highest BCUT2D eigenvalue weighted by molar-refractivity contribution is 5.94. The van der Waals surface area contributed by atoms with Crippen LogP contribution >= 0.6 is 0 Å². The van der Waals surface area contributed by atoms with Gasteiger partial charge in [0.05, 0.1) is 0 Å². The van der Waals surface area contributed by atoms with E-state index in [0.717, 1.165) is 12.8 Å². The highest BCUT2D eigenvalue weighted by atomic mass is 16.2. The second kappa shape index (κ2) is 7.24. The van der Waals surface area contributed by atoms with Crippen LogP contribution in [0.25, 0.3) is 0 Å². The number of piperidine rings is 1. The molecule has 1 aromatic carbocycles. The highest BCUT2D eigenvalue weighted by Gasteiger charge is 2.25. The molecule has 1 aliphatic rings. The van der Waals surface area contributed by atoms with Crippen molar-refractivity contribution in [2.45, 2.75) is 45.1 Å². The van der Waals surface area contributed by atoms with Gasteiger partial charge in [0.25, 0.3) is 5.91 Å². The lowest BCUT2D eigenvalue weighted by Gasteiger charge is -2.33. The molecule has 1 heterocycles. The van der Waals surface area contributed by atoms with Gasteiger partial charge in [-0.25, -0.2) is 4.79 Å². The van der Waals surface area contributed by atoms with E-state index in [1.807, 2.05) is 29.2 Å². The monoisotopic (exact) mass is 331 g/mol. The number of carbonyl (C=O) groups is 2. The number of urea groups is 1. The van der Waals surface area contributed by atoms with Crippen molar-refractivity contribution in [3.8, 4) is 0 Å². The molecule has 1 saturated heterocycles. The van der Waals surface area contributed by atoms with Gasteiger partial charge in [-0.05, 0) is 36.0 Å². The van der Waals surface area contributed by atoms with Crippen molar-refractivity contribution in [2.24, 2.45) is 0 Å². The maximum absolute atomic E-state index is 12.4. The third-order valence-electron chi connectivity index (χ3n) is 4.50. The standard InChI is InChI=1S/C19H29N3O2/c1-19(2,3)15-8-6-14(7-9-15)17(23)20-16-10-12-22(13-11-16)18(24)21(4)5/h6-9,16H,10-13H2,1-5H3,(H,20,23). The molecule has 0 aromatic heterocycles. The summed E-state index contributed by atoms with van der Waals surface area (Å²) in [5, 5.41) is 3.09. The van der Waals surface area contributed by atoms with Gasteiger partial charge in [-0.1, -0.05) is 32.9 Å². The number of rotatable bonds is 2. The molecule has 24 heavy (non-hydrogen) atoms. The summed E-state index contributed by atoms with van der Waals surface area (Å²) in [5.74, 6) is -0.0344. The number of nitrogens with zero attached hydrogens (tertiary/aromatic N) is 2. The third kappa shape index (κ3) is 4.49. The van der Waals surface area contributed by atoms with Gasteiger partial charge in [0.2, 0.25) is 0 Å². The molecule has 1 fully saturated rings. The van der Waals surface area contributed by atoms with Gasteiger partial charge >= 0.3 is 6.03 Å². The molecule has 0 aliphatic carbocycles. The lowest BCUT2D eigenvalue weighted by atomic mass is 9.86. The maximum atomic E-state index is 12.4. The molecule has 0 unspecified atom stereocenters. The Morgan fingerprint density at radius 3 is 2.08 bits per heavy atom. The quantitative estimate of drug-likeness (QED) is 0.906. The second-order valence-electron chi connectivity index (χ2n) is 7.74. The second-order valence-corrected chi connectivity index (χ2v) is 7.74. The van der Waals surface area contributed by atoms with Gasteiger partial charge in [0.15, 0.2) is 0 Å². The summed E-state index contributed by atoms with van der Waals surface area (Å²) >= 11 is 0. The van der Waals surface area contributed by atoms with Gasteiger partial charge in [-0.15, -0.1) is 0 Å². The zero-order valence-electron chi connectivity index (χ0n) is 15.4. The number of carbonyl (C=O) groups excluding carboxylic acids is 2. The fourth-order valence-corrected chi connectivity index (χ4v) is 2.89. The van der Waals surface area contributed by atoms with E-state index in [-0.39, 0.29) is 23.4 Å². The van der Waals surface area contributed by atoms with Gasteiger partial charge in [-0.3, -0.25) is 4.79 Å². The fraction of sp³-hybridized carbons (Fsp3) is 0.579. The minimum Gasteiger partial charge on any atom is -0.349 e. The number of hydrogen-bond acceptors (Lipinski definition) is 2. The molecule has 1 N–H and O–H groups in total. The molecule has 0 radical (unpaired) electrons. The number of nitrogens with one attached hydrogen (secondary N) is 1. The normalized spacial score (nSPS) is 16.0. The van der Waals surface area contributed by atoms with Gasteiger partial charge in [0.1, 0.15) is 0 Å². The molecule has 5 nitrogen and oxygen atoms in total. The molecule has 1 aliphatic heterocycles. The Morgan fingerprint density at radius 1 is 1.08 bits per heavy atom. The molecule has 5 heteroatoms. The molecule has 1 aromatic rings.